The maximum Gasteiger partial charge on any atom is 0.254 e. The molecule has 2 aromatic rings. The Kier molecular flexibility index (Phi) is 3.76. The predicted molar refractivity (Wildman–Crippen MR) is 87.4 cm³/mol. The maximum atomic E-state index is 12.7. The Morgan fingerprint density at radius 3 is 2.67 bits per heavy atom. The first-order valence-corrected chi connectivity index (χ1v) is 8.45. The minimum absolute atomic E-state index is 0.0473. The smallest absolute Gasteiger partial charge is 0.254 e. The molecule has 0 saturated heterocycles. The first-order valence-electron chi connectivity index (χ1n) is 8.45. The highest BCUT2D eigenvalue weighted by atomic mass is 16.3. The van der Waals surface area contributed by atoms with E-state index in [1.165, 1.54) is 12.1 Å². The van der Waals surface area contributed by atoms with Crippen molar-refractivity contribution in [2.75, 3.05) is 6.54 Å². The van der Waals surface area contributed by atoms with Crippen molar-refractivity contribution < 1.29 is 15.0 Å². The lowest BCUT2D eigenvalue weighted by atomic mass is 10.1. The monoisotopic (exact) mass is 327 g/mol. The molecule has 1 amide bonds. The summed E-state index contributed by atoms with van der Waals surface area (Å²) in [6.45, 7) is 1.92. The quantitative estimate of drug-likeness (QED) is 0.905. The molecule has 0 bridgehead atoms. The van der Waals surface area contributed by atoms with Crippen LogP contribution in [0.25, 0.3) is 0 Å². The summed E-state index contributed by atoms with van der Waals surface area (Å²) in [5.41, 5.74) is 2.26. The van der Waals surface area contributed by atoms with Crippen LogP contribution in [0.2, 0.25) is 0 Å². The van der Waals surface area contributed by atoms with Gasteiger partial charge in [-0.25, -0.2) is 0 Å². The number of amides is 1. The lowest BCUT2D eigenvalue weighted by Gasteiger charge is -2.20. The van der Waals surface area contributed by atoms with Crippen LogP contribution in [0.3, 0.4) is 0 Å². The molecule has 1 aliphatic heterocycles. The van der Waals surface area contributed by atoms with Crippen molar-refractivity contribution in [1.82, 2.24) is 14.7 Å². The molecule has 1 atom stereocenters. The van der Waals surface area contributed by atoms with E-state index in [-0.39, 0.29) is 11.7 Å². The fourth-order valence-electron chi connectivity index (χ4n) is 3.24. The molecule has 0 radical (unpaired) electrons. The largest absolute Gasteiger partial charge is 0.508 e. The van der Waals surface area contributed by atoms with Gasteiger partial charge in [-0.05, 0) is 55.5 Å². The Labute approximate surface area is 140 Å². The lowest BCUT2D eigenvalue weighted by molar-refractivity contribution is 0.0745. The number of phenols is 1. The Balaban J connectivity index is 1.54. The lowest BCUT2D eigenvalue weighted by Crippen LogP contribution is -2.30. The van der Waals surface area contributed by atoms with E-state index < -0.39 is 6.10 Å². The van der Waals surface area contributed by atoms with Gasteiger partial charge in [0, 0.05) is 18.7 Å². The number of aliphatic hydroxyl groups is 1. The van der Waals surface area contributed by atoms with Gasteiger partial charge in [-0.2, -0.15) is 5.10 Å². The van der Waals surface area contributed by atoms with Gasteiger partial charge in [-0.3, -0.25) is 9.48 Å². The minimum Gasteiger partial charge on any atom is -0.508 e. The molecule has 1 aromatic heterocycles. The number of aryl methyl sites for hydroxylation is 1. The number of carbonyl (C=O) groups excluding carboxylic acids is 1. The highest BCUT2D eigenvalue weighted by molar-refractivity contribution is 5.94. The van der Waals surface area contributed by atoms with Crippen LogP contribution in [-0.2, 0) is 13.1 Å². The fourth-order valence-corrected chi connectivity index (χ4v) is 3.24. The van der Waals surface area contributed by atoms with Crippen LogP contribution in [0.4, 0.5) is 0 Å². The molecule has 2 aliphatic rings. The van der Waals surface area contributed by atoms with Crippen molar-refractivity contribution >= 4 is 5.91 Å². The summed E-state index contributed by atoms with van der Waals surface area (Å²) < 4.78 is 1.92. The van der Waals surface area contributed by atoms with Crippen LogP contribution in [0, 0.1) is 5.92 Å². The molecule has 126 valence electrons. The van der Waals surface area contributed by atoms with Crippen LogP contribution < -0.4 is 0 Å². The van der Waals surface area contributed by atoms with E-state index in [0.717, 1.165) is 37.2 Å². The molecule has 2 heterocycles. The number of carbonyl (C=O) groups is 1. The second-order valence-electron chi connectivity index (χ2n) is 6.69. The Morgan fingerprint density at radius 2 is 1.96 bits per heavy atom. The summed E-state index contributed by atoms with van der Waals surface area (Å²) >= 11 is 0. The zero-order chi connectivity index (χ0) is 16.7. The zero-order valence-corrected chi connectivity index (χ0v) is 13.4. The molecule has 2 N–H and O–H groups in total. The maximum absolute atomic E-state index is 12.7. The van der Waals surface area contributed by atoms with Gasteiger partial charge in [0.15, 0.2) is 0 Å². The first kappa shape index (κ1) is 15.2. The van der Waals surface area contributed by atoms with Crippen molar-refractivity contribution in [3.05, 3.63) is 47.3 Å². The second kappa shape index (κ2) is 5.94. The Bertz CT molecular complexity index is 749. The topological polar surface area (TPSA) is 78.6 Å². The number of aromatic hydroxyl groups is 1. The highest BCUT2D eigenvalue weighted by Crippen LogP contribution is 2.40. The van der Waals surface area contributed by atoms with E-state index in [0.29, 0.717) is 24.6 Å². The number of fused-ring (bicyclic) bond motifs is 1. The van der Waals surface area contributed by atoms with Gasteiger partial charge >= 0.3 is 0 Å². The van der Waals surface area contributed by atoms with Crippen molar-refractivity contribution in [3.63, 3.8) is 0 Å². The van der Waals surface area contributed by atoms with E-state index in [2.05, 4.69) is 5.10 Å². The van der Waals surface area contributed by atoms with E-state index in [1.807, 2.05) is 10.7 Å². The van der Waals surface area contributed by atoms with E-state index >= 15 is 0 Å². The van der Waals surface area contributed by atoms with E-state index in [4.69, 9.17) is 0 Å². The van der Waals surface area contributed by atoms with Crippen molar-refractivity contribution in [2.45, 2.75) is 38.5 Å². The fraction of sp³-hybridized carbons (Fsp3) is 0.444. The number of benzene rings is 1. The summed E-state index contributed by atoms with van der Waals surface area (Å²) in [6, 6.07) is 8.27. The van der Waals surface area contributed by atoms with Crippen molar-refractivity contribution in [3.8, 4) is 5.75 Å². The molecule has 1 unspecified atom stereocenters. The third-order valence-electron chi connectivity index (χ3n) is 4.81. The molecule has 24 heavy (non-hydrogen) atoms. The van der Waals surface area contributed by atoms with Crippen LogP contribution in [0.1, 0.15) is 47.1 Å². The number of rotatable bonds is 3. The molecule has 0 spiro atoms. The summed E-state index contributed by atoms with van der Waals surface area (Å²) in [5.74, 6) is 0.451. The van der Waals surface area contributed by atoms with Crippen LogP contribution in [0.5, 0.6) is 5.75 Å². The number of hydrogen-bond acceptors (Lipinski definition) is 4. The van der Waals surface area contributed by atoms with Gasteiger partial charge < -0.3 is 15.1 Å². The zero-order valence-electron chi connectivity index (χ0n) is 13.4. The summed E-state index contributed by atoms with van der Waals surface area (Å²) in [6.07, 6.45) is 2.48. The van der Waals surface area contributed by atoms with Crippen molar-refractivity contribution in [1.29, 1.82) is 0 Å². The molecule has 1 saturated carbocycles. The average Bonchev–Trinajstić information content (AvgIpc) is 3.38. The van der Waals surface area contributed by atoms with Gasteiger partial charge in [0.25, 0.3) is 5.91 Å². The molecule has 6 heteroatoms. The molecule has 1 aromatic carbocycles. The van der Waals surface area contributed by atoms with Gasteiger partial charge in [0.1, 0.15) is 11.9 Å². The SMILES string of the molecule is O=C(c1ccc(O)cc1)N1CCCn2nc(C(O)C3CC3)cc2C1. The number of hydrogen-bond donors (Lipinski definition) is 2. The standard InChI is InChI=1S/C18H21N3O3/c22-15-6-4-13(5-7-15)18(24)20-8-1-9-21-14(11-20)10-16(19-21)17(23)12-2-3-12/h4-7,10,12,17,22-23H,1-3,8-9,11H2. The number of aromatic nitrogens is 2. The average molecular weight is 327 g/mol. The van der Waals surface area contributed by atoms with Gasteiger partial charge in [0.05, 0.1) is 17.9 Å². The number of aliphatic hydroxyl groups excluding tert-OH is 1. The highest BCUT2D eigenvalue weighted by Gasteiger charge is 2.33. The first-order chi connectivity index (χ1) is 11.6. The van der Waals surface area contributed by atoms with Crippen LogP contribution >= 0.6 is 0 Å². The minimum atomic E-state index is -0.481. The van der Waals surface area contributed by atoms with Gasteiger partial charge in [0.2, 0.25) is 0 Å². The number of phenolic OH excluding ortho intramolecular Hbond substituents is 1. The molecule has 6 nitrogen and oxygen atoms in total. The van der Waals surface area contributed by atoms with E-state index in [1.54, 1.807) is 17.0 Å². The molecule has 4 rings (SSSR count). The van der Waals surface area contributed by atoms with Gasteiger partial charge in [-0.1, -0.05) is 0 Å². The third kappa shape index (κ3) is 2.89. The third-order valence-corrected chi connectivity index (χ3v) is 4.81. The molecular formula is C18H21N3O3. The second-order valence-corrected chi connectivity index (χ2v) is 6.69. The molecule has 1 fully saturated rings. The van der Waals surface area contributed by atoms with Crippen LogP contribution in [-0.4, -0.2) is 37.3 Å². The van der Waals surface area contributed by atoms with Gasteiger partial charge in [-0.15, -0.1) is 0 Å². The Morgan fingerprint density at radius 1 is 1.21 bits per heavy atom. The molecule has 1 aliphatic carbocycles. The molecular weight excluding hydrogens is 306 g/mol. The predicted octanol–water partition coefficient (Wildman–Crippen LogP) is 2.08. The number of nitrogens with zero attached hydrogens (tertiary/aromatic N) is 3. The summed E-state index contributed by atoms with van der Waals surface area (Å²) in [7, 11) is 0. The summed E-state index contributed by atoms with van der Waals surface area (Å²) in [4.78, 5) is 14.5. The van der Waals surface area contributed by atoms with Crippen LogP contribution in [0.15, 0.2) is 30.3 Å². The van der Waals surface area contributed by atoms with E-state index in [9.17, 15) is 15.0 Å². The Hall–Kier alpha value is -2.34. The summed E-state index contributed by atoms with van der Waals surface area (Å²) in [5, 5.41) is 24.2. The van der Waals surface area contributed by atoms with Crippen molar-refractivity contribution in [2.24, 2.45) is 5.92 Å². The normalized spacial score (nSPS) is 18.8.